The summed E-state index contributed by atoms with van der Waals surface area (Å²) in [4.78, 5) is 14.7. The lowest BCUT2D eigenvalue weighted by molar-refractivity contribution is 0.0791. The molecule has 0 spiro atoms. The molecule has 0 aliphatic rings. The molecule has 0 N–H and O–H groups in total. The molecule has 134 valence electrons. The van der Waals surface area contributed by atoms with Gasteiger partial charge in [0.15, 0.2) is 0 Å². The van der Waals surface area contributed by atoms with Gasteiger partial charge in [-0.2, -0.15) is 0 Å². The van der Waals surface area contributed by atoms with E-state index in [-0.39, 0.29) is 5.91 Å². The van der Waals surface area contributed by atoms with Crippen molar-refractivity contribution in [2.75, 3.05) is 13.1 Å². The molecular weight excluding hydrogens is 330 g/mol. The molecule has 0 fully saturated rings. The molecule has 2 nitrogen and oxygen atoms in total. The minimum absolute atomic E-state index is 0.0334. The van der Waals surface area contributed by atoms with Crippen LogP contribution < -0.4 is 0 Å². The highest BCUT2D eigenvalue weighted by atomic mass is 16.2. The second-order valence-electron chi connectivity index (χ2n) is 6.20. The minimum atomic E-state index is 0.0334. The summed E-state index contributed by atoms with van der Waals surface area (Å²) < 4.78 is 0. The fraction of sp³-hybridized carbons (Fsp3) is 0.0800. The van der Waals surface area contributed by atoms with E-state index in [1.807, 2.05) is 95.9 Å². The predicted molar refractivity (Wildman–Crippen MR) is 113 cm³/mol. The van der Waals surface area contributed by atoms with Crippen LogP contribution in [0.2, 0.25) is 0 Å². The Balaban J connectivity index is 1.71. The molecule has 0 saturated carbocycles. The molecule has 3 rings (SSSR count). The Morgan fingerprint density at radius 3 is 1.48 bits per heavy atom. The first-order valence-corrected chi connectivity index (χ1v) is 9.10. The second-order valence-corrected chi connectivity index (χ2v) is 6.20. The first kappa shape index (κ1) is 18.4. The van der Waals surface area contributed by atoms with E-state index < -0.39 is 0 Å². The van der Waals surface area contributed by atoms with E-state index in [4.69, 9.17) is 0 Å². The predicted octanol–water partition coefficient (Wildman–Crippen LogP) is 5.56. The number of hydrogen-bond donors (Lipinski definition) is 0. The van der Waals surface area contributed by atoms with Crippen LogP contribution in [0.25, 0.3) is 12.2 Å². The summed E-state index contributed by atoms with van der Waals surface area (Å²) in [6.07, 6.45) is 8.16. The number of carbonyl (C=O) groups is 1. The average molecular weight is 353 g/mol. The van der Waals surface area contributed by atoms with Crippen LogP contribution in [0.1, 0.15) is 21.5 Å². The molecular formula is C25H23NO. The number of carbonyl (C=O) groups excluding carboxylic acids is 1. The van der Waals surface area contributed by atoms with Crippen LogP contribution in [0, 0.1) is 0 Å². The van der Waals surface area contributed by atoms with Gasteiger partial charge in [-0.25, -0.2) is 0 Å². The molecule has 0 aliphatic carbocycles. The molecule has 0 unspecified atom stereocenters. The summed E-state index contributed by atoms with van der Waals surface area (Å²) in [5.41, 5.74) is 2.97. The molecule has 3 aromatic rings. The van der Waals surface area contributed by atoms with Gasteiger partial charge in [-0.1, -0.05) is 103 Å². The summed E-state index contributed by atoms with van der Waals surface area (Å²) in [5.74, 6) is 0.0334. The van der Waals surface area contributed by atoms with Crippen LogP contribution in [-0.4, -0.2) is 23.9 Å². The Hall–Kier alpha value is -3.39. The van der Waals surface area contributed by atoms with Crippen LogP contribution in [0.3, 0.4) is 0 Å². The largest absolute Gasteiger partial charge is 0.331 e. The van der Waals surface area contributed by atoms with Crippen molar-refractivity contribution in [3.63, 3.8) is 0 Å². The van der Waals surface area contributed by atoms with Crippen LogP contribution in [-0.2, 0) is 0 Å². The summed E-state index contributed by atoms with van der Waals surface area (Å²) in [6.45, 7) is 1.11. The fourth-order valence-electron chi connectivity index (χ4n) is 2.76. The minimum Gasteiger partial charge on any atom is -0.331 e. The number of nitrogens with zero attached hydrogens (tertiary/aromatic N) is 1. The summed E-state index contributed by atoms with van der Waals surface area (Å²) >= 11 is 0. The lowest BCUT2D eigenvalue weighted by Gasteiger charge is -2.19. The van der Waals surface area contributed by atoms with Gasteiger partial charge in [0.05, 0.1) is 0 Å². The van der Waals surface area contributed by atoms with Crippen molar-refractivity contribution in [1.29, 1.82) is 0 Å². The van der Waals surface area contributed by atoms with E-state index in [1.54, 1.807) is 0 Å². The molecule has 2 heteroatoms. The van der Waals surface area contributed by atoms with Crippen LogP contribution >= 0.6 is 0 Å². The Bertz CT molecular complexity index is 832. The van der Waals surface area contributed by atoms with Gasteiger partial charge in [-0.15, -0.1) is 0 Å². The van der Waals surface area contributed by atoms with E-state index in [0.717, 1.165) is 11.1 Å². The summed E-state index contributed by atoms with van der Waals surface area (Å²) in [5, 5.41) is 0. The number of amides is 1. The molecule has 3 aromatic carbocycles. The number of rotatable bonds is 7. The standard InChI is InChI=1S/C25H23NO/c27-25(24-18-8-3-9-19-24)26(20-10-16-22-12-4-1-5-13-22)21-11-17-23-14-6-2-7-15-23/h1-19H,20-21H2/b16-10+,17-11+. The Morgan fingerprint density at radius 2 is 1.04 bits per heavy atom. The Morgan fingerprint density at radius 1 is 0.630 bits per heavy atom. The van der Waals surface area contributed by atoms with Gasteiger partial charge >= 0.3 is 0 Å². The first-order chi connectivity index (χ1) is 13.3. The van der Waals surface area contributed by atoms with Crippen molar-refractivity contribution in [3.8, 4) is 0 Å². The monoisotopic (exact) mass is 353 g/mol. The maximum atomic E-state index is 12.9. The van der Waals surface area contributed by atoms with E-state index in [2.05, 4.69) is 24.3 Å². The summed E-state index contributed by atoms with van der Waals surface area (Å²) in [6, 6.07) is 29.7. The highest BCUT2D eigenvalue weighted by molar-refractivity contribution is 5.94. The second kappa shape index (κ2) is 9.93. The van der Waals surface area contributed by atoms with Crippen LogP contribution in [0.4, 0.5) is 0 Å². The van der Waals surface area contributed by atoms with E-state index in [0.29, 0.717) is 18.7 Å². The van der Waals surface area contributed by atoms with Gasteiger partial charge in [0, 0.05) is 18.7 Å². The van der Waals surface area contributed by atoms with Crippen molar-refractivity contribution in [3.05, 3.63) is 120 Å². The van der Waals surface area contributed by atoms with Gasteiger partial charge < -0.3 is 4.90 Å². The quantitative estimate of drug-likeness (QED) is 0.545. The molecule has 0 aromatic heterocycles. The molecule has 1 amide bonds. The van der Waals surface area contributed by atoms with Crippen molar-refractivity contribution >= 4 is 18.1 Å². The van der Waals surface area contributed by atoms with Crippen molar-refractivity contribution < 1.29 is 4.79 Å². The number of benzene rings is 3. The zero-order chi connectivity index (χ0) is 18.7. The zero-order valence-corrected chi connectivity index (χ0v) is 15.2. The molecule has 0 heterocycles. The van der Waals surface area contributed by atoms with Gasteiger partial charge in [0.1, 0.15) is 0 Å². The van der Waals surface area contributed by atoms with Crippen LogP contribution in [0.15, 0.2) is 103 Å². The van der Waals surface area contributed by atoms with E-state index >= 15 is 0 Å². The van der Waals surface area contributed by atoms with Crippen LogP contribution in [0.5, 0.6) is 0 Å². The van der Waals surface area contributed by atoms with Gasteiger partial charge in [0.25, 0.3) is 5.91 Å². The molecule has 0 bridgehead atoms. The maximum absolute atomic E-state index is 12.9. The third kappa shape index (κ3) is 5.82. The first-order valence-electron chi connectivity index (χ1n) is 9.10. The maximum Gasteiger partial charge on any atom is 0.254 e. The highest BCUT2D eigenvalue weighted by Gasteiger charge is 2.12. The van der Waals surface area contributed by atoms with Gasteiger partial charge in [-0.3, -0.25) is 4.79 Å². The Kier molecular flexibility index (Phi) is 6.77. The highest BCUT2D eigenvalue weighted by Crippen LogP contribution is 2.08. The van der Waals surface area contributed by atoms with Crippen molar-refractivity contribution in [1.82, 2.24) is 4.90 Å². The molecule has 27 heavy (non-hydrogen) atoms. The topological polar surface area (TPSA) is 20.3 Å². The molecule has 0 atom stereocenters. The molecule has 0 radical (unpaired) electrons. The third-order valence-corrected chi connectivity index (χ3v) is 4.18. The fourth-order valence-corrected chi connectivity index (χ4v) is 2.76. The smallest absolute Gasteiger partial charge is 0.254 e. The molecule has 0 saturated heterocycles. The van der Waals surface area contributed by atoms with E-state index in [1.165, 1.54) is 0 Å². The molecule has 0 aliphatic heterocycles. The Labute approximate surface area is 161 Å². The van der Waals surface area contributed by atoms with Crippen molar-refractivity contribution in [2.45, 2.75) is 0 Å². The van der Waals surface area contributed by atoms with Gasteiger partial charge in [0.2, 0.25) is 0 Å². The SMILES string of the molecule is O=C(c1ccccc1)N(C/C=C/c1ccccc1)C/C=C/c1ccccc1. The number of hydrogen-bond acceptors (Lipinski definition) is 1. The lowest BCUT2D eigenvalue weighted by Crippen LogP contribution is -2.31. The lowest BCUT2D eigenvalue weighted by atomic mass is 10.1. The van der Waals surface area contributed by atoms with Gasteiger partial charge in [-0.05, 0) is 23.3 Å². The third-order valence-electron chi connectivity index (χ3n) is 4.18. The zero-order valence-electron chi connectivity index (χ0n) is 15.2. The average Bonchev–Trinajstić information content (AvgIpc) is 2.74. The van der Waals surface area contributed by atoms with E-state index in [9.17, 15) is 4.79 Å². The van der Waals surface area contributed by atoms with Crippen molar-refractivity contribution in [2.24, 2.45) is 0 Å². The normalized spacial score (nSPS) is 11.1. The summed E-state index contributed by atoms with van der Waals surface area (Å²) in [7, 11) is 0.